The molecule has 4 heterocycles. The summed E-state index contributed by atoms with van der Waals surface area (Å²) in [6.45, 7) is 2.01. The molecule has 2 aromatic heterocycles. The number of amides is 1. The van der Waals surface area contributed by atoms with E-state index in [0.29, 0.717) is 50.0 Å². The van der Waals surface area contributed by atoms with Gasteiger partial charge in [-0.05, 0) is 12.8 Å². The lowest BCUT2D eigenvalue weighted by atomic mass is 10.1. The summed E-state index contributed by atoms with van der Waals surface area (Å²) in [7, 11) is 0. The number of piperazine rings is 1. The van der Waals surface area contributed by atoms with Crippen LogP contribution in [-0.2, 0) is 15.7 Å². The predicted octanol–water partition coefficient (Wildman–Crippen LogP) is 1.90. The monoisotopic (exact) mass is 502 g/mol. The Bertz CT molecular complexity index is 1060. The van der Waals surface area contributed by atoms with Crippen molar-refractivity contribution in [2.45, 2.75) is 37.6 Å². The fraction of sp³-hybridized carbons (Fsp3) is 0.550. The molecule has 184 valence electrons. The number of anilines is 1. The van der Waals surface area contributed by atoms with E-state index in [4.69, 9.17) is 21.1 Å². The van der Waals surface area contributed by atoms with E-state index in [2.05, 4.69) is 15.1 Å². The Morgan fingerprint density at radius 1 is 1.15 bits per heavy atom. The van der Waals surface area contributed by atoms with Crippen molar-refractivity contribution >= 4 is 23.5 Å². The van der Waals surface area contributed by atoms with Gasteiger partial charge in [-0.3, -0.25) is 9.59 Å². The van der Waals surface area contributed by atoms with Crippen molar-refractivity contribution in [1.82, 2.24) is 25.1 Å². The summed E-state index contributed by atoms with van der Waals surface area (Å²) in [5.74, 6) is -0.147. The van der Waals surface area contributed by atoms with E-state index in [-0.39, 0.29) is 25.0 Å². The highest BCUT2D eigenvalue weighted by atomic mass is 35.5. The van der Waals surface area contributed by atoms with Crippen LogP contribution in [0.5, 0.6) is 5.75 Å². The van der Waals surface area contributed by atoms with Gasteiger partial charge in [0.1, 0.15) is 6.61 Å². The van der Waals surface area contributed by atoms with Gasteiger partial charge in [0.25, 0.3) is 5.56 Å². The highest BCUT2D eigenvalue weighted by molar-refractivity contribution is 6.30. The van der Waals surface area contributed by atoms with Gasteiger partial charge in [0, 0.05) is 26.2 Å². The second kappa shape index (κ2) is 10.1. The molecule has 2 atom stereocenters. The number of hydrogen-bond donors (Lipinski definition) is 1. The fourth-order valence-electron chi connectivity index (χ4n) is 3.94. The minimum Gasteiger partial charge on any atom is -0.488 e. The van der Waals surface area contributed by atoms with Gasteiger partial charge in [0.2, 0.25) is 11.9 Å². The van der Waals surface area contributed by atoms with Crippen molar-refractivity contribution in [2.75, 3.05) is 37.7 Å². The zero-order valence-corrected chi connectivity index (χ0v) is 18.7. The van der Waals surface area contributed by atoms with Crippen LogP contribution >= 0.6 is 11.6 Å². The number of hydrogen-bond acceptors (Lipinski definition) is 8. The van der Waals surface area contributed by atoms with Crippen molar-refractivity contribution in [3.05, 3.63) is 39.5 Å². The molecule has 4 rings (SSSR count). The van der Waals surface area contributed by atoms with Crippen LogP contribution in [-0.4, -0.2) is 76.0 Å². The molecule has 0 saturated carbocycles. The molecule has 0 aromatic carbocycles. The zero-order valence-electron chi connectivity index (χ0n) is 17.9. The van der Waals surface area contributed by atoms with E-state index in [9.17, 15) is 22.8 Å². The minimum atomic E-state index is -4.87. The van der Waals surface area contributed by atoms with Crippen molar-refractivity contribution < 1.29 is 27.4 Å². The standard InChI is InChI=1S/C20H22ClF3N6O4/c21-12-8-25-19(26-9-12)30-5-3-29(4-6-30)16(31)7-13-1-2-14(34-13)11-33-15-10-27-28-18(32)17(15)20(22,23)24/h8-10,13-14H,1-7,11H2,(H,28,32)/t13?,14-/m0/s1. The number of alkyl halides is 3. The molecule has 1 amide bonds. The molecule has 2 aromatic rings. The summed E-state index contributed by atoms with van der Waals surface area (Å²) in [5.41, 5.74) is -2.81. The van der Waals surface area contributed by atoms with Crippen LogP contribution in [0.1, 0.15) is 24.8 Å². The number of aromatic amines is 1. The SMILES string of the molecule is O=C(CC1CC[C@@H](COc2cn[nH]c(=O)c2C(F)(F)F)O1)N1CCN(c2ncc(Cl)cn2)CC1. The molecule has 34 heavy (non-hydrogen) atoms. The lowest BCUT2D eigenvalue weighted by Gasteiger charge is -2.35. The van der Waals surface area contributed by atoms with Gasteiger partial charge in [-0.1, -0.05) is 11.6 Å². The Labute approximate surface area is 197 Å². The number of rotatable bonds is 6. The third-order valence-electron chi connectivity index (χ3n) is 5.65. The molecule has 2 aliphatic heterocycles. The van der Waals surface area contributed by atoms with E-state index in [1.165, 1.54) is 12.4 Å². The number of aromatic nitrogens is 4. The number of carbonyl (C=O) groups is 1. The van der Waals surface area contributed by atoms with Gasteiger partial charge >= 0.3 is 6.18 Å². The summed E-state index contributed by atoms with van der Waals surface area (Å²) < 4.78 is 50.3. The van der Waals surface area contributed by atoms with Crippen LogP contribution < -0.4 is 15.2 Å². The summed E-state index contributed by atoms with van der Waals surface area (Å²) in [6, 6.07) is 0. The Balaban J connectivity index is 1.23. The first-order valence-electron chi connectivity index (χ1n) is 10.6. The van der Waals surface area contributed by atoms with Gasteiger partial charge in [0.15, 0.2) is 11.3 Å². The summed E-state index contributed by atoms with van der Waals surface area (Å²) in [6.07, 6.45) is -0.569. The normalized spacial score (nSPS) is 21.1. The second-order valence-corrected chi connectivity index (χ2v) is 8.41. The van der Waals surface area contributed by atoms with Crippen LogP contribution in [0.25, 0.3) is 0 Å². The molecule has 2 saturated heterocycles. The summed E-state index contributed by atoms with van der Waals surface area (Å²) in [4.78, 5) is 36.3. The summed E-state index contributed by atoms with van der Waals surface area (Å²) >= 11 is 5.81. The number of H-pyrrole nitrogens is 1. The van der Waals surface area contributed by atoms with Gasteiger partial charge in [-0.2, -0.15) is 18.3 Å². The van der Waals surface area contributed by atoms with Crippen molar-refractivity contribution in [1.29, 1.82) is 0 Å². The second-order valence-electron chi connectivity index (χ2n) is 7.98. The number of nitrogens with zero attached hydrogens (tertiary/aromatic N) is 5. The topological polar surface area (TPSA) is 114 Å². The first-order valence-corrected chi connectivity index (χ1v) is 11.0. The lowest BCUT2D eigenvalue weighted by molar-refractivity contribution is -0.141. The minimum absolute atomic E-state index is 0.0543. The molecule has 0 radical (unpaired) electrons. The van der Waals surface area contributed by atoms with Crippen molar-refractivity contribution in [2.24, 2.45) is 0 Å². The van der Waals surface area contributed by atoms with Crippen molar-refractivity contribution in [3.63, 3.8) is 0 Å². The average Bonchev–Trinajstić information content (AvgIpc) is 3.24. The molecule has 0 bridgehead atoms. The lowest BCUT2D eigenvalue weighted by Crippen LogP contribution is -2.49. The van der Waals surface area contributed by atoms with E-state index >= 15 is 0 Å². The molecule has 2 fully saturated rings. The number of nitrogens with one attached hydrogen (secondary N) is 1. The van der Waals surface area contributed by atoms with Gasteiger partial charge in [-0.25, -0.2) is 15.1 Å². The summed E-state index contributed by atoms with van der Waals surface area (Å²) in [5, 5.41) is 5.57. The highest BCUT2D eigenvalue weighted by Crippen LogP contribution is 2.33. The molecule has 10 nitrogen and oxygen atoms in total. The molecule has 2 aliphatic rings. The average molecular weight is 503 g/mol. The van der Waals surface area contributed by atoms with Crippen LogP contribution in [0.3, 0.4) is 0 Å². The maximum absolute atomic E-state index is 13.1. The van der Waals surface area contributed by atoms with Crippen LogP contribution in [0, 0.1) is 0 Å². The smallest absolute Gasteiger partial charge is 0.425 e. The van der Waals surface area contributed by atoms with Gasteiger partial charge in [0.05, 0.1) is 42.2 Å². The first-order chi connectivity index (χ1) is 16.2. The number of carbonyl (C=O) groups excluding carboxylic acids is 1. The van der Waals surface area contributed by atoms with E-state index in [1.807, 2.05) is 4.90 Å². The van der Waals surface area contributed by atoms with E-state index in [0.717, 1.165) is 6.20 Å². The Morgan fingerprint density at radius 3 is 2.50 bits per heavy atom. The maximum atomic E-state index is 13.1. The molecular formula is C20H22ClF3N6O4. The molecule has 14 heteroatoms. The maximum Gasteiger partial charge on any atom is 0.425 e. The van der Waals surface area contributed by atoms with Crippen molar-refractivity contribution in [3.8, 4) is 5.75 Å². The largest absolute Gasteiger partial charge is 0.488 e. The van der Waals surface area contributed by atoms with Crippen LogP contribution in [0.2, 0.25) is 5.02 Å². The molecule has 0 spiro atoms. The van der Waals surface area contributed by atoms with Crippen LogP contribution in [0.4, 0.5) is 19.1 Å². The quantitative estimate of drug-likeness (QED) is 0.637. The highest BCUT2D eigenvalue weighted by Gasteiger charge is 2.39. The zero-order chi connectivity index (χ0) is 24.3. The van der Waals surface area contributed by atoms with E-state index < -0.39 is 29.2 Å². The fourth-order valence-corrected chi connectivity index (χ4v) is 4.04. The molecule has 0 aliphatic carbocycles. The van der Waals surface area contributed by atoms with Crippen LogP contribution in [0.15, 0.2) is 23.4 Å². The van der Waals surface area contributed by atoms with E-state index in [1.54, 1.807) is 10.00 Å². The molecule has 1 unspecified atom stereocenters. The number of halogens is 4. The first kappa shape index (κ1) is 24.2. The Hall–Kier alpha value is -2.93. The molecule has 1 N–H and O–H groups in total. The molecular weight excluding hydrogens is 481 g/mol. The number of ether oxygens (including phenoxy) is 2. The van der Waals surface area contributed by atoms with Gasteiger partial charge in [-0.15, -0.1) is 0 Å². The van der Waals surface area contributed by atoms with Gasteiger partial charge < -0.3 is 19.3 Å². The third-order valence-corrected chi connectivity index (χ3v) is 5.84. The Kier molecular flexibility index (Phi) is 7.22. The Morgan fingerprint density at radius 2 is 1.82 bits per heavy atom. The predicted molar refractivity (Wildman–Crippen MR) is 114 cm³/mol. The third kappa shape index (κ3) is 5.76.